The number of amides is 2. The van der Waals surface area contributed by atoms with Crippen molar-refractivity contribution in [3.63, 3.8) is 0 Å². The lowest BCUT2D eigenvalue weighted by molar-refractivity contribution is 0.176. The van der Waals surface area contributed by atoms with Crippen LogP contribution < -0.4 is 5.32 Å². The molecule has 29 heavy (non-hydrogen) atoms. The Labute approximate surface area is 167 Å². The van der Waals surface area contributed by atoms with Gasteiger partial charge in [0.2, 0.25) is 5.89 Å². The second kappa shape index (κ2) is 7.13. The number of rotatable bonds is 2. The number of nitrogens with zero attached hydrogens (tertiary/aromatic N) is 2. The van der Waals surface area contributed by atoms with Crippen LogP contribution in [0, 0.1) is 11.6 Å². The minimum Gasteiger partial charge on any atom is -0.438 e. The highest BCUT2D eigenvalue weighted by molar-refractivity contribution is 5.81. The van der Waals surface area contributed by atoms with Crippen LogP contribution in [0.15, 0.2) is 40.8 Å². The van der Waals surface area contributed by atoms with Crippen LogP contribution in [0.5, 0.6) is 0 Å². The van der Waals surface area contributed by atoms with Gasteiger partial charge in [0.05, 0.1) is 0 Å². The first-order valence-electron chi connectivity index (χ1n) is 9.66. The first-order valence-corrected chi connectivity index (χ1v) is 9.66. The van der Waals surface area contributed by atoms with E-state index < -0.39 is 11.6 Å². The first-order chi connectivity index (χ1) is 13.7. The van der Waals surface area contributed by atoms with E-state index >= 15 is 0 Å². The van der Waals surface area contributed by atoms with E-state index in [9.17, 15) is 13.6 Å². The summed E-state index contributed by atoms with van der Waals surface area (Å²) in [6.07, 6.45) is 1.65. The van der Waals surface area contributed by atoms with E-state index in [1.165, 1.54) is 6.07 Å². The summed E-state index contributed by atoms with van der Waals surface area (Å²) in [6, 6.07) is 8.75. The van der Waals surface area contributed by atoms with Crippen molar-refractivity contribution in [1.82, 2.24) is 15.2 Å². The SMILES string of the molecule is CC(C)(C)NC(=O)N1CCC[C@@H]1c1nc2cc(-c3ccc(F)c(F)c3)ccc2o1. The maximum atomic E-state index is 13.6. The van der Waals surface area contributed by atoms with Gasteiger partial charge in [0, 0.05) is 12.1 Å². The Kier molecular flexibility index (Phi) is 4.76. The third kappa shape index (κ3) is 3.95. The molecular weight excluding hydrogens is 376 g/mol. The van der Waals surface area contributed by atoms with Gasteiger partial charge < -0.3 is 14.6 Å². The summed E-state index contributed by atoms with van der Waals surface area (Å²) in [5.74, 6) is -1.28. The number of fused-ring (bicyclic) bond motifs is 1. The molecule has 0 spiro atoms. The van der Waals surface area contributed by atoms with Crippen molar-refractivity contribution in [2.75, 3.05) is 6.54 Å². The summed E-state index contributed by atoms with van der Waals surface area (Å²) in [6.45, 7) is 6.46. The normalized spacial score (nSPS) is 17.1. The lowest BCUT2D eigenvalue weighted by atomic mass is 10.1. The molecule has 0 aliphatic carbocycles. The molecule has 2 amide bonds. The van der Waals surface area contributed by atoms with Crippen molar-refractivity contribution in [1.29, 1.82) is 0 Å². The van der Waals surface area contributed by atoms with Crippen LogP contribution in [0.2, 0.25) is 0 Å². The summed E-state index contributed by atoms with van der Waals surface area (Å²) < 4.78 is 32.7. The molecule has 152 valence electrons. The molecule has 2 heterocycles. The molecule has 0 saturated carbocycles. The largest absolute Gasteiger partial charge is 0.438 e. The van der Waals surface area contributed by atoms with Gasteiger partial charge in [-0.2, -0.15) is 0 Å². The summed E-state index contributed by atoms with van der Waals surface area (Å²) in [5, 5.41) is 2.99. The molecule has 7 heteroatoms. The van der Waals surface area contributed by atoms with Crippen molar-refractivity contribution in [3.8, 4) is 11.1 Å². The van der Waals surface area contributed by atoms with E-state index in [1.54, 1.807) is 23.1 Å². The van der Waals surface area contributed by atoms with Crippen LogP contribution in [-0.2, 0) is 0 Å². The van der Waals surface area contributed by atoms with Gasteiger partial charge in [0.1, 0.15) is 11.6 Å². The average molecular weight is 399 g/mol. The second-order valence-corrected chi connectivity index (χ2v) is 8.40. The molecule has 0 bridgehead atoms. The zero-order chi connectivity index (χ0) is 20.8. The maximum absolute atomic E-state index is 13.6. The molecule has 0 unspecified atom stereocenters. The smallest absolute Gasteiger partial charge is 0.318 e. The van der Waals surface area contributed by atoms with E-state index in [1.807, 2.05) is 20.8 Å². The minimum atomic E-state index is -0.894. The van der Waals surface area contributed by atoms with Crippen LogP contribution in [-0.4, -0.2) is 28.0 Å². The van der Waals surface area contributed by atoms with E-state index in [-0.39, 0.29) is 17.6 Å². The molecule has 1 N–H and O–H groups in total. The van der Waals surface area contributed by atoms with Crippen LogP contribution >= 0.6 is 0 Å². The lowest BCUT2D eigenvalue weighted by Gasteiger charge is -2.28. The fourth-order valence-electron chi connectivity index (χ4n) is 3.60. The molecule has 1 atom stereocenters. The molecule has 1 aliphatic rings. The minimum absolute atomic E-state index is 0.135. The highest BCUT2D eigenvalue weighted by Gasteiger charge is 2.34. The zero-order valence-electron chi connectivity index (χ0n) is 16.6. The molecule has 1 saturated heterocycles. The number of oxazole rings is 1. The Bertz CT molecular complexity index is 1070. The van der Waals surface area contributed by atoms with Gasteiger partial charge in [-0.1, -0.05) is 12.1 Å². The number of hydrogen-bond acceptors (Lipinski definition) is 3. The van der Waals surface area contributed by atoms with Crippen molar-refractivity contribution >= 4 is 17.1 Å². The first kappa shape index (κ1) is 19.4. The third-order valence-corrected chi connectivity index (χ3v) is 4.94. The maximum Gasteiger partial charge on any atom is 0.318 e. The molecule has 4 rings (SSSR count). The van der Waals surface area contributed by atoms with Crippen molar-refractivity contribution in [2.45, 2.75) is 45.2 Å². The van der Waals surface area contributed by atoms with Crippen molar-refractivity contribution < 1.29 is 18.0 Å². The second-order valence-electron chi connectivity index (χ2n) is 8.40. The van der Waals surface area contributed by atoms with Gasteiger partial charge in [-0.25, -0.2) is 18.6 Å². The zero-order valence-corrected chi connectivity index (χ0v) is 16.6. The molecule has 1 fully saturated rings. The van der Waals surface area contributed by atoms with Crippen molar-refractivity contribution in [3.05, 3.63) is 53.9 Å². The predicted octanol–water partition coefficient (Wildman–Crippen LogP) is 5.42. The summed E-state index contributed by atoms with van der Waals surface area (Å²) in [7, 11) is 0. The summed E-state index contributed by atoms with van der Waals surface area (Å²) in [4.78, 5) is 19.0. The number of urea groups is 1. The molecule has 3 aromatic rings. The van der Waals surface area contributed by atoms with Gasteiger partial charge in [0.25, 0.3) is 0 Å². The van der Waals surface area contributed by atoms with E-state index in [4.69, 9.17) is 4.42 Å². The number of hydrogen-bond donors (Lipinski definition) is 1. The van der Waals surface area contributed by atoms with Crippen LogP contribution in [0.4, 0.5) is 13.6 Å². The Morgan fingerprint density at radius 1 is 1.14 bits per heavy atom. The number of halogens is 2. The standard InChI is InChI=1S/C22H23F2N3O2/c1-22(2,3)26-21(28)27-10-4-5-18(27)20-25-17-12-14(7-9-19(17)29-20)13-6-8-15(23)16(24)11-13/h6-9,11-12,18H,4-5,10H2,1-3H3,(H,26,28)/t18-/m1/s1. The van der Waals surface area contributed by atoms with Crippen molar-refractivity contribution in [2.24, 2.45) is 0 Å². The number of likely N-dealkylation sites (tertiary alicyclic amines) is 1. The quantitative estimate of drug-likeness (QED) is 0.626. The molecule has 5 nitrogen and oxygen atoms in total. The molecule has 2 aromatic carbocycles. The lowest BCUT2D eigenvalue weighted by Crippen LogP contribution is -2.48. The Hall–Kier alpha value is -2.96. The fraction of sp³-hybridized carbons (Fsp3) is 0.364. The topological polar surface area (TPSA) is 58.4 Å². The van der Waals surface area contributed by atoms with Crippen LogP contribution in [0.1, 0.15) is 45.5 Å². The highest BCUT2D eigenvalue weighted by atomic mass is 19.2. The third-order valence-electron chi connectivity index (χ3n) is 4.94. The molecule has 1 aliphatic heterocycles. The van der Waals surface area contributed by atoms with Crippen LogP contribution in [0.3, 0.4) is 0 Å². The van der Waals surface area contributed by atoms with Gasteiger partial charge >= 0.3 is 6.03 Å². The average Bonchev–Trinajstić information content (AvgIpc) is 3.28. The Morgan fingerprint density at radius 3 is 2.59 bits per heavy atom. The van der Waals surface area contributed by atoms with Gasteiger partial charge in [-0.15, -0.1) is 0 Å². The van der Waals surface area contributed by atoms with Gasteiger partial charge in [-0.3, -0.25) is 0 Å². The summed E-state index contributed by atoms with van der Waals surface area (Å²) >= 11 is 0. The monoisotopic (exact) mass is 399 g/mol. The van der Waals surface area contributed by atoms with E-state index in [0.29, 0.717) is 34.7 Å². The van der Waals surface area contributed by atoms with Gasteiger partial charge in [-0.05, 0) is 69.0 Å². The molecular formula is C22H23F2N3O2. The van der Waals surface area contributed by atoms with E-state index in [2.05, 4.69) is 10.3 Å². The number of nitrogens with one attached hydrogen (secondary N) is 1. The molecule has 0 radical (unpaired) electrons. The fourth-order valence-corrected chi connectivity index (χ4v) is 3.60. The Morgan fingerprint density at radius 2 is 1.86 bits per heavy atom. The number of aromatic nitrogens is 1. The molecule has 1 aromatic heterocycles. The number of benzene rings is 2. The van der Waals surface area contributed by atoms with Gasteiger partial charge in [0.15, 0.2) is 17.2 Å². The summed E-state index contributed by atoms with van der Waals surface area (Å²) in [5.41, 5.74) is 2.15. The number of carbonyl (C=O) groups is 1. The van der Waals surface area contributed by atoms with Crippen LogP contribution in [0.25, 0.3) is 22.2 Å². The Balaban J connectivity index is 1.63. The van der Waals surface area contributed by atoms with E-state index in [0.717, 1.165) is 25.0 Å². The number of carbonyl (C=O) groups excluding carboxylic acids is 1. The predicted molar refractivity (Wildman–Crippen MR) is 106 cm³/mol. The highest BCUT2D eigenvalue weighted by Crippen LogP contribution is 2.34.